The van der Waals surface area contributed by atoms with E-state index in [4.69, 9.17) is 8.83 Å². The summed E-state index contributed by atoms with van der Waals surface area (Å²) in [4.78, 5) is 23.8. The normalized spacial score (nSPS) is 11.2. The molecule has 0 atom stereocenters. The summed E-state index contributed by atoms with van der Waals surface area (Å²) >= 11 is 0. The highest BCUT2D eigenvalue weighted by Crippen LogP contribution is 2.30. The average Bonchev–Trinajstić information content (AvgIpc) is 2.55. The van der Waals surface area contributed by atoms with Crippen LogP contribution in [0.15, 0.2) is 73.0 Å². The summed E-state index contributed by atoms with van der Waals surface area (Å²) in [5, 5.41) is 1.44. The van der Waals surface area contributed by atoms with Gasteiger partial charge in [0, 0.05) is 11.5 Å². The molecule has 4 nitrogen and oxygen atoms in total. The maximum Gasteiger partial charge on any atom is 0.344 e. The van der Waals surface area contributed by atoms with E-state index in [-0.39, 0.29) is 0 Å². The highest BCUT2D eigenvalue weighted by molar-refractivity contribution is 6.04. The molecule has 2 aromatic heterocycles. The number of benzene rings is 2. The van der Waals surface area contributed by atoms with Crippen molar-refractivity contribution in [2.75, 3.05) is 0 Å². The third-order valence-electron chi connectivity index (χ3n) is 3.99. The standard InChI is InChI=1S/C19H12O4/c1-11-13-7-9-15-14(8-10-16(20)22-15)18(13)23-19(21)17(11)12-5-3-2-4-6-12/h2-10H,1H3. The molecule has 0 N–H and O–H groups in total. The first-order valence-electron chi connectivity index (χ1n) is 7.21. The van der Waals surface area contributed by atoms with E-state index in [0.717, 1.165) is 16.5 Å². The molecule has 0 aliphatic heterocycles. The Balaban J connectivity index is 2.15. The maximum atomic E-state index is 12.5. The zero-order chi connectivity index (χ0) is 16.0. The van der Waals surface area contributed by atoms with Gasteiger partial charge in [0.1, 0.15) is 11.2 Å². The Morgan fingerprint density at radius 3 is 2.30 bits per heavy atom. The molecule has 0 aliphatic rings. The Kier molecular flexibility index (Phi) is 2.91. The third-order valence-corrected chi connectivity index (χ3v) is 3.99. The van der Waals surface area contributed by atoms with Gasteiger partial charge in [-0.1, -0.05) is 30.3 Å². The highest BCUT2D eigenvalue weighted by atomic mass is 16.4. The van der Waals surface area contributed by atoms with Crippen LogP contribution in [0.1, 0.15) is 5.56 Å². The van der Waals surface area contributed by atoms with E-state index < -0.39 is 11.3 Å². The van der Waals surface area contributed by atoms with E-state index in [2.05, 4.69) is 0 Å². The number of hydrogen-bond acceptors (Lipinski definition) is 4. The molecule has 0 spiro atoms. The van der Waals surface area contributed by atoms with E-state index in [0.29, 0.717) is 22.1 Å². The fraction of sp³-hybridized carbons (Fsp3) is 0.0526. The molecule has 23 heavy (non-hydrogen) atoms. The van der Waals surface area contributed by atoms with Crippen LogP contribution in [0.3, 0.4) is 0 Å². The van der Waals surface area contributed by atoms with Crippen LogP contribution in [-0.2, 0) is 0 Å². The van der Waals surface area contributed by atoms with Crippen LogP contribution in [-0.4, -0.2) is 0 Å². The van der Waals surface area contributed by atoms with Crippen LogP contribution in [0.2, 0.25) is 0 Å². The molecular formula is C19H12O4. The smallest absolute Gasteiger partial charge is 0.344 e. The van der Waals surface area contributed by atoms with Gasteiger partial charge < -0.3 is 8.83 Å². The minimum Gasteiger partial charge on any atom is -0.423 e. The first-order valence-corrected chi connectivity index (χ1v) is 7.21. The minimum atomic E-state index is -0.433. The second-order valence-corrected chi connectivity index (χ2v) is 5.36. The van der Waals surface area contributed by atoms with Gasteiger partial charge in [-0.2, -0.15) is 0 Å². The largest absolute Gasteiger partial charge is 0.423 e. The maximum absolute atomic E-state index is 12.5. The van der Waals surface area contributed by atoms with Crippen LogP contribution in [0.4, 0.5) is 0 Å². The van der Waals surface area contributed by atoms with Gasteiger partial charge in [-0.25, -0.2) is 9.59 Å². The summed E-state index contributed by atoms with van der Waals surface area (Å²) in [6, 6.07) is 15.9. The predicted molar refractivity (Wildman–Crippen MR) is 88.7 cm³/mol. The number of hydrogen-bond donors (Lipinski definition) is 0. The molecule has 0 amide bonds. The molecule has 112 valence electrons. The van der Waals surface area contributed by atoms with Crippen molar-refractivity contribution in [2.45, 2.75) is 6.92 Å². The minimum absolute atomic E-state index is 0.403. The van der Waals surface area contributed by atoms with Gasteiger partial charge in [0.15, 0.2) is 0 Å². The predicted octanol–water partition coefficient (Wildman–Crippen LogP) is 3.87. The second-order valence-electron chi connectivity index (χ2n) is 5.36. The summed E-state index contributed by atoms with van der Waals surface area (Å²) in [7, 11) is 0. The van der Waals surface area contributed by atoms with Crippen molar-refractivity contribution >= 4 is 21.9 Å². The topological polar surface area (TPSA) is 60.4 Å². The van der Waals surface area contributed by atoms with Gasteiger partial charge in [0.25, 0.3) is 0 Å². The van der Waals surface area contributed by atoms with Gasteiger partial charge in [-0.15, -0.1) is 0 Å². The summed E-state index contributed by atoms with van der Waals surface area (Å²) in [5.41, 5.74) is 2.22. The molecule has 0 saturated heterocycles. The van der Waals surface area contributed by atoms with E-state index in [9.17, 15) is 9.59 Å². The SMILES string of the molecule is Cc1c(-c2ccccc2)c(=O)oc2c1ccc1oc(=O)ccc12. The highest BCUT2D eigenvalue weighted by Gasteiger charge is 2.15. The molecule has 2 aromatic carbocycles. The zero-order valence-electron chi connectivity index (χ0n) is 12.3. The van der Waals surface area contributed by atoms with Crippen molar-refractivity contribution in [3.05, 3.63) is 81.0 Å². The molecular weight excluding hydrogens is 292 g/mol. The van der Waals surface area contributed by atoms with Crippen LogP contribution in [0.25, 0.3) is 33.1 Å². The van der Waals surface area contributed by atoms with Crippen molar-refractivity contribution in [1.82, 2.24) is 0 Å². The molecule has 0 bridgehead atoms. The van der Waals surface area contributed by atoms with Crippen molar-refractivity contribution in [2.24, 2.45) is 0 Å². The van der Waals surface area contributed by atoms with Crippen molar-refractivity contribution < 1.29 is 8.83 Å². The number of fused-ring (bicyclic) bond motifs is 3. The summed E-state index contributed by atoms with van der Waals surface area (Å²) in [5.74, 6) is 0. The Labute approximate surface area is 130 Å². The number of aryl methyl sites for hydroxylation is 1. The van der Waals surface area contributed by atoms with Crippen molar-refractivity contribution in [3.8, 4) is 11.1 Å². The number of rotatable bonds is 1. The van der Waals surface area contributed by atoms with E-state index >= 15 is 0 Å². The van der Waals surface area contributed by atoms with Gasteiger partial charge in [-0.3, -0.25) is 0 Å². The summed E-state index contributed by atoms with van der Waals surface area (Å²) < 4.78 is 10.7. The lowest BCUT2D eigenvalue weighted by atomic mass is 9.99. The molecule has 4 rings (SSSR count). The zero-order valence-corrected chi connectivity index (χ0v) is 12.3. The quantitative estimate of drug-likeness (QED) is 0.395. The molecule has 0 aliphatic carbocycles. The van der Waals surface area contributed by atoms with E-state index in [1.54, 1.807) is 12.1 Å². The average molecular weight is 304 g/mol. The van der Waals surface area contributed by atoms with Crippen molar-refractivity contribution in [1.29, 1.82) is 0 Å². The first kappa shape index (κ1) is 13.5. The van der Waals surface area contributed by atoms with Gasteiger partial charge in [0.05, 0.1) is 10.9 Å². The second kappa shape index (κ2) is 4.95. The fourth-order valence-electron chi connectivity index (χ4n) is 2.90. The molecule has 0 radical (unpaired) electrons. The van der Waals surface area contributed by atoms with E-state index in [1.807, 2.05) is 43.3 Å². The van der Waals surface area contributed by atoms with Crippen LogP contribution in [0.5, 0.6) is 0 Å². The van der Waals surface area contributed by atoms with Crippen LogP contribution >= 0.6 is 0 Å². The monoisotopic (exact) mass is 304 g/mol. The fourth-order valence-corrected chi connectivity index (χ4v) is 2.90. The van der Waals surface area contributed by atoms with Crippen LogP contribution < -0.4 is 11.3 Å². The van der Waals surface area contributed by atoms with Gasteiger partial charge >= 0.3 is 11.3 Å². The van der Waals surface area contributed by atoms with Gasteiger partial charge in [0.2, 0.25) is 0 Å². The molecule has 0 saturated carbocycles. The lowest BCUT2D eigenvalue weighted by molar-refractivity contribution is 0.552. The van der Waals surface area contributed by atoms with E-state index in [1.165, 1.54) is 6.07 Å². The Bertz CT molecular complexity index is 1150. The molecule has 4 heteroatoms. The Morgan fingerprint density at radius 1 is 0.783 bits per heavy atom. The molecule has 4 aromatic rings. The lowest BCUT2D eigenvalue weighted by Gasteiger charge is -2.09. The van der Waals surface area contributed by atoms with Crippen LogP contribution in [0, 0.1) is 6.92 Å². The van der Waals surface area contributed by atoms with Crippen molar-refractivity contribution in [3.63, 3.8) is 0 Å². The molecule has 0 fully saturated rings. The summed E-state index contributed by atoms with van der Waals surface area (Å²) in [6.45, 7) is 1.90. The lowest BCUT2D eigenvalue weighted by Crippen LogP contribution is -2.06. The molecule has 0 unspecified atom stereocenters. The Morgan fingerprint density at radius 2 is 1.52 bits per heavy atom. The third kappa shape index (κ3) is 2.07. The molecule has 2 heterocycles. The summed E-state index contributed by atoms with van der Waals surface area (Å²) in [6.07, 6.45) is 0. The Hall–Kier alpha value is -3.14. The van der Waals surface area contributed by atoms with Gasteiger partial charge in [-0.05, 0) is 36.2 Å². The first-order chi connectivity index (χ1) is 11.1.